The lowest BCUT2D eigenvalue weighted by Crippen LogP contribution is -2.52. The molecule has 1 atom stereocenters. The fraction of sp³-hybridized carbons (Fsp3) is 0.923. The Bertz CT molecular complexity index is 273. The van der Waals surface area contributed by atoms with Crippen molar-refractivity contribution in [3.05, 3.63) is 0 Å². The zero-order valence-electron chi connectivity index (χ0n) is 12.0. The topological polar surface area (TPSA) is 43.8 Å². The van der Waals surface area contributed by atoms with Crippen LogP contribution in [0.15, 0.2) is 0 Å². The number of thioether (sulfide) groups is 1. The average molecular weight is 274 g/mol. The summed E-state index contributed by atoms with van der Waals surface area (Å²) in [6.45, 7) is 10.4. The molecule has 1 aliphatic heterocycles. The van der Waals surface area contributed by atoms with E-state index in [1.807, 2.05) is 25.6 Å². The monoisotopic (exact) mass is 274 g/mol. The van der Waals surface area contributed by atoms with Gasteiger partial charge in [-0.25, -0.2) is 0 Å². The highest BCUT2D eigenvalue weighted by atomic mass is 32.2. The number of hydrogen-bond acceptors (Lipinski definition) is 4. The van der Waals surface area contributed by atoms with E-state index in [-0.39, 0.29) is 11.9 Å². The van der Waals surface area contributed by atoms with Gasteiger partial charge in [0.2, 0.25) is 5.91 Å². The van der Waals surface area contributed by atoms with E-state index in [9.17, 15) is 9.90 Å². The first-order chi connectivity index (χ1) is 8.35. The quantitative estimate of drug-likeness (QED) is 0.814. The molecular weight excluding hydrogens is 248 g/mol. The fourth-order valence-electron chi connectivity index (χ4n) is 2.20. The van der Waals surface area contributed by atoms with Crippen molar-refractivity contribution in [1.82, 2.24) is 9.80 Å². The molecule has 106 valence electrons. The standard InChI is InChI=1S/C13H26N2O2S/c1-5-14(10-13(3,4)17)12(16)11(2)15-6-8-18-9-7-15/h11,17H,5-10H2,1-4H3. The van der Waals surface area contributed by atoms with Crippen LogP contribution in [-0.4, -0.2) is 70.1 Å². The summed E-state index contributed by atoms with van der Waals surface area (Å²) in [5.41, 5.74) is -0.830. The zero-order chi connectivity index (χ0) is 13.8. The van der Waals surface area contributed by atoms with Gasteiger partial charge in [0.15, 0.2) is 0 Å². The third kappa shape index (κ3) is 4.78. The minimum Gasteiger partial charge on any atom is -0.389 e. The molecule has 0 aliphatic carbocycles. The fourth-order valence-corrected chi connectivity index (χ4v) is 3.13. The lowest BCUT2D eigenvalue weighted by Gasteiger charge is -2.36. The van der Waals surface area contributed by atoms with Crippen molar-refractivity contribution in [3.8, 4) is 0 Å². The summed E-state index contributed by atoms with van der Waals surface area (Å²) in [6, 6.07) is -0.0757. The molecule has 1 amide bonds. The molecule has 1 aliphatic rings. The van der Waals surface area contributed by atoms with E-state index in [2.05, 4.69) is 4.90 Å². The van der Waals surface area contributed by atoms with E-state index in [0.29, 0.717) is 13.1 Å². The van der Waals surface area contributed by atoms with Gasteiger partial charge in [-0.05, 0) is 27.7 Å². The number of carbonyl (C=O) groups excluding carboxylic acids is 1. The van der Waals surface area contributed by atoms with Gasteiger partial charge in [0.05, 0.1) is 11.6 Å². The largest absolute Gasteiger partial charge is 0.389 e. The molecule has 1 heterocycles. The van der Waals surface area contributed by atoms with E-state index in [4.69, 9.17) is 0 Å². The normalized spacial score (nSPS) is 19.6. The van der Waals surface area contributed by atoms with Crippen molar-refractivity contribution in [1.29, 1.82) is 0 Å². The van der Waals surface area contributed by atoms with Crippen LogP contribution >= 0.6 is 11.8 Å². The van der Waals surface area contributed by atoms with Crippen molar-refractivity contribution in [2.45, 2.75) is 39.3 Å². The highest BCUT2D eigenvalue weighted by Gasteiger charge is 2.29. The number of carbonyl (C=O) groups is 1. The van der Waals surface area contributed by atoms with Crippen LogP contribution < -0.4 is 0 Å². The maximum absolute atomic E-state index is 12.4. The summed E-state index contributed by atoms with van der Waals surface area (Å²) in [5, 5.41) is 9.85. The second-order valence-electron chi connectivity index (χ2n) is 5.49. The third-order valence-corrected chi connectivity index (χ3v) is 4.16. The van der Waals surface area contributed by atoms with Crippen LogP contribution in [0, 0.1) is 0 Å². The Morgan fingerprint density at radius 2 is 2.00 bits per heavy atom. The molecule has 5 heteroatoms. The first kappa shape index (κ1) is 15.8. The Labute approximate surface area is 115 Å². The summed E-state index contributed by atoms with van der Waals surface area (Å²) in [5.74, 6) is 2.34. The number of amides is 1. The zero-order valence-corrected chi connectivity index (χ0v) is 12.8. The van der Waals surface area contributed by atoms with Crippen LogP contribution in [0.25, 0.3) is 0 Å². The smallest absolute Gasteiger partial charge is 0.239 e. The summed E-state index contributed by atoms with van der Waals surface area (Å²) < 4.78 is 0. The van der Waals surface area contributed by atoms with E-state index < -0.39 is 5.60 Å². The van der Waals surface area contributed by atoms with Gasteiger partial charge in [0.25, 0.3) is 0 Å². The molecule has 18 heavy (non-hydrogen) atoms. The van der Waals surface area contributed by atoms with Gasteiger partial charge in [0, 0.05) is 37.7 Å². The predicted octanol–water partition coefficient (Wildman–Crippen LogP) is 1.04. The maximum atomic E-state index is 12.4. The highest BCUT2D eigenvalue weighted by Crippen LogP contribution is 2.14. The molecule has 0 aromatic heterocycles. The van der Waals surface area contributed by atoms with E-state index in [0.717, 1.165) is 24.6 Å². The molecule has 1 rings (SSSR count). The van der Waals surface area contributed by atoms with Crippen molar-refractivity contribution in [2.75, 3.05) is 37.7 Å². The van der Waals surface area contributed by atoms with Gasteiger partial charge in [-0.2, -0.15) is 11.8 Å². The summed E-state index contributed by atoms with van der Waals surface area (Å²) >= 11 is 1.95. The van der Waals surface area contributed by atoms with Gasteiger partial charge >= 0.3 is 0 Å². The Kier molecular flexibility index (Phi) is 5.95. The van der Waals surface area contributed by atoms with Crippen molar-refractivity contribution in [2.24, 2.45) is 0 Å². The number of hydrogen-bond donors (Lipinski definition) is 1. The summed E-state index contributed by atoms with van der Waals surface area (Å²) in [6.07, 6.45) is 0. The number of rotatable bonds is 5. The van der Waals surface area contributed by atoms with Crippen LogP contribution in [0.1, 0.15) is 27.7 Å². The van der Waals surface area contributed by atoms with Crippen molar-refractivity contribution in [3.63, 3.8) is 0 Å². The lowest BCUT2D eigenvalue weighted by molar-refractivity contribution is -0.139. The minimum absolute atomic E-state index is 0.0757. The first-order valence-electron chi connectivity index (χ1n) is 6.68. The molecule has 0 bridgehead atoms. The van der Waals surface area contributed by atoms with Crippen molar-refractivity contribution >= 4 is 17.7 Å². The Morgan fingerprint density at radius 1 is 1.44 bits per heavy atom. The Morgan fingerprint density at radius 3 is 2.44 bits per heavy atom. The summed E-state index contributed by atoms with van der Waals surface area (Å²) in [7, 11) is 0. The SMILES string of the molecule is CCN(CC(C)(C)O)C(=O)C(C)N1CCSCC1. The molecule has 0 spiro atoms. The van der Waals surface area contributed by atoms with Gasteiger partial charge in [0.1, 0.15) is 0 Å². The van der Waals surface area contributed by atoms with Gasteiger partial charge in [-0.3, -0.25) is 9.69 Å². The number of nitrogens with zero attached hydrogens (tertiary/aromatic N) is 2. The molecule has 1 unspecified atom stereocenters. The molecule has 1 saturated heterocycles. The van der Waals surface area contributed by atoms with Gasteiger partial charge in [-0.15, -0.1) is 0 Å². The van der Waals surface area contributed by atoms with Crippen LogP contribution in [0.3, 0.4) is 0 Å². The van der Waals surface area contributed by atoms with Crippen LogP contribution in [0.2, 0.25) is 0 Å². The Hall–Kier alpha value is -0.260. The Balaban J connectivity index is 2.59. The van der Waals surface area contributed by atoms with Crippen molar-refractivity contribution < 1.29 is 9.90 Å². The first-order valence-corrected chi connectivity index (χ1v) is 7.83. The van der Waals surface area contributed by atoms with E-state index in [1.165, 1.54) is 0 Å². The average Bonchev–Trinajstić information content (AvgIpc) is 2.34. The summed E-state index contributed by atoms with van der Waals surface area (Å²) in [4.78, 5) is 16.4. The molecule has 1 N–H and O–H groups in total. The minimum atomic E-state index is -0.830. The molecule has 0 aromatic rings. The molecule has 0 aromatic carbocycles. The van der Waals surface area contributed by atoms with Gasteiger partial charge in [-0.1, -0.05) is 0 Å². The predicted molar refractivity (Wildman–Crippen MR) is 76.9 cm³/mol. The molecule has 0 saturated carbocycles. The molecular formula is C13H26N2O2S. The van der Waals surface area contributed by atoms with Crippen LogP contribution in [0.5, 0.6) is 0 Å². The van der Waals surface area contributed by atoms with Crippen LogP contribution in [0.4, 0.5) is 0 Å². The molecule has 4 nitrogen and oxygen atoms in total. The third-order valence-electron chi connectivity index (χ3n) is 3.22. The van der Waals surface area contributed by atoms with E-state index in [1.54, 1.807) is 18.7 Å². The number of aliphatic hydroxyl groups is 1. The second-order valence-corrected chi connectivity index (χ2v) is 6.71. The molecule has 0 radical (unpaired) electrons. The van der Waals surface area contributed by atoms with E-state index >= 15 is 0 Å². The maximum Gasteiger partial charge on any atom is 0.239 e. The van der Waals surface area contributed by atoms with Crippen LogP contribution in [-0.2, 0) is 4.79 Å². The van der Waals surface area contributed by atoms with Gasteiger partial charge < -0.3 is 10.0 Å². The molecule has 1 fully saturated rings. The number of likely N-dealkylation sites (N-methyl/N-ethyl adjacent to an activating group) is 1. The highest BCUT2D eigenvalue weighted by molar-refractivity contribution is 7.99. The lowest BCUT2D eigenvalue weighted by atomic mass is 10.1. The second kappa shape index (κ2) is 6.78.